The molecule has 0 aromatic carbocycles. The maximum absolute atomic E-state index is 11.9. The zero-order chi connectivity index (χ0) is 11.6. The van der Waals surface area contributed by atoms with Crippen molar-refractivity contribution in [2.45, 2.75) is 44.7 Å². The SMILES string of the molecule is Cc1ccc(CNC(=O)C2(N)CCCC2)o1. The molecule has 1 fully saturated rings. The van der Waals surface area contributed by atoms with E-state index in [0.717, 1.165) is 37.2 Å². The number of furan rings is 1. The molecule has 16 heavy (non-hydrogen) atoms. The van der Waals surface area contributed by atoms with Crippen molar-refractivity contribution in [2.75, 3.05) is 0 Å². The van der Waals surface area contributed by atoms with Crippen LogP contribution in [-0.4, -0.2) is 11.4 Å². The maximum Gasteiger partial charge on any atom is 0.240 e. The minimum atomic E-state index is -0.651. The molecule has 0 radical (unpaired) electrons. The van der Waals surface area contributed by atoms with E-state index in [2.05, 4.69) is 5.32 Å². The summed E-state index contributed by atoms with van der Waals surface area (Å²) in [5.74, 6) is 1.57. The summed E-state index contributed by atoms with van der Waals surface area (Å²) >= 11 is 0. The molecule has 0 aliphatic heterocycles. The molecule has 2 rings (SSSR count). The Hall–Kier alpha value is -1.29. The summed E-state index contributed by atoms with van der Waals surface area (Å²) in [7, 11) is 0. The Bertz CT molecular complexity index is 378. The quantitative estimate of drug-likeness (QED) is 0.813. The largest absolute Gasteiger partial charge is 0.465 e. The molecule has 0 unspecified atom stereocenters. The molecule has 0 bridgehead atoms. The van der Waals surface area contributed by atoms with Crippen LogP contribution >= 0.6 is 0 Å². The Morgan fingerprint density at radius 2 is 2.19 bits per heavy atom. The first kappa shape index (κ1) is 11.2. The van der Waals surface area contributed by atoms with Gasteiger partial charge in [0.2, 0.25) is 5.91 Å². The lowest BCUT2D eigenvalue weighted by Crippen LogP contribution is -2.51. The predicted molar refractivity (Wildman–Crippen MR) is 60.7 cm³/mol. The molecule has 0 spiro atoms. The molecule has 1 amide bonds. The fourth-order valence-corrected chi connectivity index (χ4v) is 2.16. The number of amides is 1. The van der Waals surface area contributed by atoms with Crippen molar-refractivity contribution >= 4 is 5.91 Å². The lowest BCUT2D eigenvalue weighted by atomic mass is 9.98. The molecule has 1 aliphatic rings. The van der Waals surface area contributed by atoms with Gasteiger partial charge in [-0.25, -0.2) is 0 Å². The summed E-state index contributed by atoms with van der Waals surface area (Å²) in [5, 5.41) is 2.84. The van der Waals surface area contributed by atoms with Crippen molar-refractivity contribution in [1.82, 2.24) is 5.32 Å². The van der Waals surface area contributed by atoms with Gasteiger partial charge in [0, 0.05) is 0 Å². The monoisotopic (exact) mass is 222 g/mol. The molecule has 1 aliphatic carbocycles. The molecular weight excluding hydrogens is 204 g/mol. The second kappa shape index (κ2) is 4.29. The van der Waals surface area contributed by atoms with E-state index in [1.165, 1.54) is 0 Å². The average Bonchev–Trinajstić information content (AvgIpc) is 2.85. The second-order valence-electron chi connectivity index (χ2n) is 4.56. The second-order valence-corrected chi connectivity index (χ2v) is 4.56. The van der Waals surface area contributed by atoms with Crippen molar-refractivity contribution in [3.63, 3.8) is 0 Å². The van der Waals surface area contributed by atoms with Gasteiger partial charge in [0.05, 0.1) is 12.1 Å². The number of hydrogen-bond donors (Lipinski definition) is 2. The Balaban J connectivity index is 1.88. The summed E-state index contributed by atoms with van der Waals surface area (Å²) in [5.41, 5.74) is 5.38. The van der Waals surface area contributed by atoms with Gasteiger partial charge in [-0.1, -0.05) is 12.8 Å². The first-order valence-corrected chi connectivity index (χ1v) is 5.73. The van der Waals surface area contributed by atoms with Crippen molar-refractivity contribution in [3.05, 3.63) is 23.7 Å². The highest BCUT2D eigenvalue weighted by Crippen LogP contribution is 2.27. The minimum absolute atomic E-state index is 0.0564. The minimum Gasteiger partial charge on any atom is -0.465 e. The van der Waals surface area contributed by atoms with Gasteiger partial charge in [0.1, 0.15) is 11.5 Å². The molecule has 1 saturated carbocycles. The molecule has 4 nitrogen and oxygen atoms in total. The van der Waals surface area contributed by atoms with Crippen LogP contribution in [0.25, 0.3) is 0 Å². The summed E-state index contributed by atoms with van der Waals surface area (Å²) in [6.07, 6.45) is 3.67. The molecule has 3 N–H and O–H groups in total. The van der Waals surface area contributed by atoms with Gasteiger partial charge in [0.25, 0.3) is 0 Å². The van der Waals surface area contributed by atoms with Gasteiger partial charge in [-0.2, -0.15) is 0 Å². The molecule has 0 atom stereocenters. The first-order valence-electron chi connectivity index (χ1n) is 5.73. The fourth-order valence-electron chi connectivity index (χ4n) is 2.16. The number of carbonyl (C=O) groups is 1. The van der Waals surface area contributed by atoms with Crippen molar-refractivity contribution < 1.29 is 9.21 Å². The van der Waals surface area contributed by atoms with Crippen LogP contribution in [0.1, 0.15) is 37.2 Å². The highest BCUT2D eigenvalue weighted by atomic mass is 16.3. The van der Waals surface area contributed by atoms with E-state index in [9.17, 15) is 4.79 Å². The molecule has 1 heterocycles. The summed E-state index contributed by atoms with van der Waals surface area (Å²) < 4.78 is 5.37. The van der Waals surface area contributed by atoms with Crippen LogP contribution < -0.4 is 11.1 Å². The van der Waals surface area contributed by atoms with Gasteiger partial charge in [0.15, 0.2) is 0 Å². The standard InChI is InChI=1S/C12H18N2O2/c1-9-4-5-10(16-9)8-14-11(15)12(13)6-2-3-7-12/h4-5H,2-3,6-8,13H2,1H3,(H,14,15). The number of nitrogens with one attached hydrogen (secondary N) is 1. The van der Waals surface area contributed by atoms with Gasteiger partial charge in [-0.3, -0.25) is 4.79 Å². The van der Waals surface area contributed by atoms with Crippen LogP contribution in [0.5, 0.6) is 0 Å². The third-order valence-electron chi connectivity index (χ3n) is 3.17. The number of rotatable bonds is 3. The van der Waals surface area contributed by atoms with E-state index < -0.39 is 5.54 Å². The van der Waals surface area contributed by atoms with Crippen LogP contribution in [0.4, 0.5) is 0 Å². The van der Waals surface area contributed by atoms with E-state index in [4.69, 9.17) is 10.2 Å². The number of carbonyl (C=O) groups excluding carboxylic acids is 1. The molecule has 0 saturated heterocycles. The zero-order valence-corrected chi connectivity index (χ0v) is 9.58. The lowest BCUT2D eigenvalue weighted by Gasteiger charge is -2.21. The van der Waals surface area contributed by atoms with E-state index in [1.54, 1.807) is 0 Å². The van der Waals surface area contributed by atoms with Gasteiger partial charge in [-0.15, -0.1) is 0 Å². The molecule has 1 aromatic rings. The third-order valence-corrected chi connectivity index (χ3v) is 3.17. The Labute approximate surface area is 95.2 Å². The van der Waals surface area contributed by atoms with Crippen LogP contribution in [0.15, 0.2) is 16.5 Å². The van der Waals surface area contributed by atoms with Crippen LogP contribution in [0, 0.1) is 6.92 Å². The van der Waals surface area contributed by atoms with Crippen molar-refractivity contribution in [3.8, 4) is 0 Å². The Morgan fingerprint density at radius 3 is 2.75 bits per heavy atom. The van der Waals surface area contributed by atoms with Crippen LogP contribution in [0.3, 0.4) is 0 Å². The maximum atomic E-state index is 11.9. The summed E-state index contributed by atoms with van der Waals surface area (Å²) in [4.78, 5) is 11.9. The molecular formula is C12H18N2O2. The number of nitrogens with two attached hydrogens (primary N) is 1. The fraction of sp³-hybridized carbons (Fsp3) is 0.583. The lowest BCUT2D eigenvalue weighted by molar-refractivity contribution is -0.126. The molecule has 88 valence electrons. The highest BCUT2D eigenvalue weighted by molar-refractivity contribution is 5.86. The first-order chi connectivity index (χ1) is 7.60. The van der Waals surface area contributed by atoms with Crippen molar-refractivity contribution in [1.29, 1.82) is 0 Å². The Kier molecular flexibility index (Phi) is 3.01. The third kappa shape index (κ3) is 2.27. The topological polar surface area (TPSA) is 68.3 Å². The molecule has 4 heteroatoms. The van der Waals surface area contributed by atoms with Gasteiger partial charge < -0.3 is 15.5 Å². The van der Waals surface area contributed by atoms with Crippen molar-refractivity contribution in [2.24, 2.45) is 5.73 Å². The summed E-state index contributed by atoms with van der Waals surface area (Å²) in [6.45, 7) is 2.30. The average molecular weight is 222 g/mol. The van der Waals surface area contributed by atoms with Gasteiger partial charge >= 0.3 is 0 Å². The smallest absolute Gasteiger partial charge is 0.240 e. The normalized spacial score (nSPS) is 18.6. The highest BCUT2D eigenvalue weighted by Gasteiger charge is 2.36. The van der Waals surface area contributed by atoms with Crippen LogP contribution in [0.2, 0.25) is 0 Å². The van der Waals surface area contributed by atoms with Gasteiger partial charge in [-0.05, 0) is 31.9 Å². The van der Waals surface area contributed by atoms with E-state index in [0.29, 0.717) is 6.54 Å². The Morgan fingerprint density at radius 1 is 1.50 bits per heavy atom. The molecule has 1 aromatic heterocycles. The number of hydrogen-bond acceptors (Lipinski definition) is 3. The van der Waals surface area contributed by atoms with E-state index in [-0.39, 0.29) is 5.91 Å². The zero-order valence-electron chi connectivity index (χ0n) is 9.58. The van der Waals surface area contributed by atoms with Crippen LogP contribution in [-0.2, 0) is 11.3 Å². The van der Waals surface area contributed by atoms with E-state index >= 15 is 0 Å². The predicted octanol–water partition coefficient (Wildman–Crippen LogP) is 1.48. The number of aryl methyl sites for hydroxylation is 1. The van der Waals surface area contributed by atoms with E-state index in [1.807, 2.05) is 19.1 Å². The summed E-state index contributed by atoms with van der Waals surface area (Å²) in [6, 6.07) is 3.75.